The van der Waals surface area contributed by atoms with E-state index in [4.69, 9.17) is 4.74 Å². The zero-order valence-electron chi connectivity index (χ0n) is 22.6. The lowest BCUT2D eigenvalue weighted by Gasteiger charge is -2.17. The first kappa shape index (κ1) is 26.9. The van der Waals surface area contributed by atoms with Crippen LogP contribution in [-0.4, -0.2) is 54.8 Å². The fraction of sp³-hybridized carbons (Fsp3) is 0.250. The molecule has 2 N–H and O–H groups in total. The van der Waals surface area contributed by atoms with Crippen molar-refractivity contribution in [2.75, 3.05) is 33.8 Å². The highest BCUT2D eigenvalue weighted by molar-refractivity contribution is 6.00. The average molecular weight is 509 g/mol. The van der Waals surface area contributed by atoms with E-state index in [9.17, 15) is 4.79 Å². The molecule has 4 aromatic rings. The predicted molar refractivity (Wildman–Crippen MR) is 156 cm³/mol. The number of allylic oxidation sites excluding steroid dienone is 1. The second-order valence-corrected chi connectivity index (χ2v) is 9.35. The summed E-state index contributed by atoms with van der Waals surface area (Å²) in [5.74, 6) is 0.807. The van der Waals surface area contributed by atoms with Crippen LogP contribution in [-0.2, 0) is 4.79 Å². The lowest BCUT2D eigenvalue weighted by molar-refractivity contribution is -0.123. The van der Waals surface area contributed by atoms with E-state index in [1.165, 1.54) is 22.3 Å². The molecule has 6 nitrogen and oxygen atoms in total. The van der Waals surface area contributed by atoms with Gasteiger partial charge in [-0.2, -0.15) is 5.10 Å². The van der Waals surface area contributed by atoms with Crippen LogP contribution >= 0.6 is 0 Å². The van der Waals surface area contributed by atoms with Gasteiger partial charge >= 0.3 is 0 Å². The second kappa shape index (κ2) is 12.9. The summed E-state index contributed by atoms with van der Waals surface area (Å²) < 4.78 is 5.96. The quantitative estimate of drug-likeness (QED) is 0.151. The summed E-state index contributed by atoms with van der Waals surface area (Å²) in [4.78, 5) is 13.1. The summed E-state index contributed by atoms with van der Waals surface area (Å²) in [5, 5.41) is 11.9. The minimum absolute atomic E-state index is 0.0186. The van der Waals surface area contributed by atoms with Gasteiger partial charge in [0.2, 0.25) is 5.91 Å². The number of hydrogen-bond donors (Lipinski definition) is 2. The Morgan fingerprint density at radius 2 is 1.74 bits per heavy atom. The topological polar surface area (TPSA) is 70.2 Å². The number of H-pyrrole nitrogens is 1. The Morgan fingerprint density at radius 3 is 2.45 bits per heavy atom. The Balaban J connectivity index is 1.53. The Hall–Kier alpha value is -4.16. The van der Waals surface area contributed by atoms with Crippen molar-refractivity contribution >= 4 is 28.0 Å². The molecule has 0 radical (unpaired) electrons. The number of benzene rings is 3. The highest BCUT2D eigenvalue weighted by atomic mass is 16.5. The molecule has 0 aliphatic heterocycles. The first-order chi connectivity index (χ1) is 18.5. The number of fused-ring (bicyclic) bond motifs is 1. The van der Waals surface area contributed by atoms with E-state index in [-0.39, 0.29) is 5.91 Å². The highest BCUT2D eigenvalue weighted by Crippen LogP contribution is 2.36. The molecular formula is C32H36N4O2. The molecule has 4 rings (SSSR count). The van der Waals surface area contributed by atoms with E-state index in [1.54, 1.807) is 25.1 Å². The van der Waals surface area contributed by atoms with Gasteiger partial charge in [0.05, 0.1) is 11.2 Å². The Labute approximate surface area is 225 Å². The normalized spacial score (nSPS) is 12.1. The number of aromatic amines is 1. The molecule has 0 spiro atoms. The van der Waals surface area contributed by atoms with Crippen molar-refractivity contribution in [3.8, 4) is 5.75 Å². The summed E-state index contributed by atoms with van der Waals surface area (Å²) in [7, 11) is 3.48. The molecule has 0 unspecified atom stereocenters. The molecule has 0 saturated heterocycles. The molecule has 1 heterocycles. The van der Waals surface area contributed by atoms with Crippen LogP contribution in [0.2, 0.25) is 0 Å². The van der Waals surface area contributed by atoms with Gasteiger partial charge in [-0.15, -0.1) is 0 Å². The van der Waals surface area contributed by atoms with Crippen LogP contribution in [0.15, 0.2) is 84.9 Å². The van der Waals surface area contributed by atoms with Crippen molar-refractivity contribution in [1.82, 2.24) is 20.4 Å². The average Bonchev–Trinajstić information content (AvgIpc) is 3.31. The van der Waals surface area contributed by atoms with Crippen molar-refractivity contribution in [1.29, 1.82) is 0 Å². The van der Waals surface area contributed by atoms with Gasteiger partial charge in [-0.3, -0.25) is 9.89 Å². The standard InChI is InChI=1S/C32H36N4O2/c1-5-28(24-10-7-6-8-11-24)32(26-15-18-30-29(22-26)23(2)34-35-30)25-13-16-27(17-14-25)38-21-20-33-19-9-12-31(37)36(3)4/h6-18,22,33H,5,19-21H2,1-4H3,(H,34,35)/b12-9+,32-28+. The van der Waals surface area contributed by atoms with Gasteiger partial charge in [0.25, 0.3) is 0 Å². The van der Waals surface area contributed by atoms with Crippen LogP contribution in [0.5, 0.6) is 5.75 Å². The van der Waals surface area contributed by atoms with Gasteiger partial charge in [-0.25, -0.2) is 0 Å². The van der Waals surface area contributed by atoms with Gasteiger partial charge in [-0.1, -0.05) is 61.5 Å². The van der Waals surface area contributed by atoms with E-state index in [0.717, 1.165) is 34.3 Å². The Morgan fingerprint density at radius 1 is 1.00 bits per heavy atom. The third-order valence-electron chi connectivity index (χ3n) is 6.47. The van der Waals surface area contributed by atoms with E-state index in [1.807, 2.05) is 25.1 Å². The third-order valence-corrected chi connectivity index (χ3v) is 6.47. The monoisotopic (exact) mass is 508 g/mol. The van der Waals surface area contributed by atoms with Crippen molar-refractivity contribution in [2.45, 2.75) is 20.3 Å². The number of rotatable bonds is 11. The summed E-state index contributed by atoms with van der Waals surface area (Å²) >= 11 is 0. The Kier molecular flexibility index (Phi) is 9.11. The smallest absolute Gasteiger partial charge is 0.245 e. The summed E-state index contributed by atoms with van der Waals surface area (Å²) in [6.45, 7) is 6.09. The molecule has 0 saturated carbocycles. The molecule has 38 heavy (non-hydrogen) atoms. The van der Waals surface area contributed by atoms with Crippen LogP contribution in [0.3, 0.4) is 0 Å². The fourth-order valence-electron chi connectivity index (χ4n) is 4.43. The Bertz CT molecular complexity index is 1420. The molecule has 0 atom stereocenters. The minimum atomic E-state index is -0.0186. The number of likely N-dealkylation sites (N-methyl/N-ethyl adjacent to an activating group) is 1. The van der Waals surface area contributed by atoms with Crippen LogP contribution in [0.1, 0.15) is 35.7 Å². The first-order valence-corrected chi connectivity index (χ1v) is 13.0. The number of amides is 1. The first-order valence-electron chi connectivity index (χ1n) is 13.0. The van der Waals surface area contributed by atoms with E-state index < -0.39 is 0 Å². The molecule has 6 heteroatoms. The molecule has 0 fully saturated rings. The van der Waals surface area contributed by atoms with Crippen LogP contribution < -0.4 is 10.1 Å². The highest BCUT2D eigenvalue weighted by Gasteiger charge is 2.15. The maximum absolute atomic E-state index is 11.6. The zero-order valence-corrected chi connectivity index (χ0v) is 22.6. The lowest BCUT2D eigenvalue weighted by atomic mass is 9.87. The van der Waals surface area contributed by atoms with Gasteiger partial charge in [0, 0.05) is 38.6 Å². The maximum atomic E-state index is 11.6. The number of nitrogens with one attached hydrogen (secondary N) is 2. The lowest BCUT2D eigenvalue weighted by Crippen LogP contribution is -2.22. The van der Waals surface area contributed by atoms with Gasteiger partial charge in [0.1, 0.15) is 12.4 Å². The number of aryl methyl sites for hydroxylation is 1. The van der Waals surface area contributed by atoms with Gasteiger partial charge < -0.3 is 15.0 Å². The van der Waals surface area contributed by atoms with Gasteiger partial charge in [-0.05, 0) is 65.4 Å². The SMILES string of the molecule is CC/C(=C(/c1ccc(OCCNC/C=C/C(=O)N(C)C)cc1)c1ccc2[nH]nc(C)c2c1)c1ccccc1. The van der Waals surface area contributed by atoms with Crippen molar-refractivity contribution < 1.29 is 9.53 Å². The molecule has 1 aromatic heterocycles. The number of carbonyl (C=O) groups is 1. The molecule has 3 aromatic carbocycles. The van der Waals surface area contributed by atoms with Crippen LogP contribution in [0.4, 0.5) is 0 Å². The van der Waals surface area contributed by atoms with Crippen molar-refractivity contribution in [3.63, 3.8) is 0 Å². The summed E-state index contributed by atoms with van der Waals surface area (Å²) in [6.07, 6.45) is 4.30. The van der Waals surface area contributed by atoms with Crippen molar-refractivity contribution in [3.05, 3.63) is 107 Å². The number of ether oxygens (including phenoxy) is 1. The zero-order chi connectivity index (χ0) is 26.9. The number of aromatic nitrogens is 2. The summed E-state index contributed by atoms with van der Waals surface area (Å²) in [6, 6.07) is 25.4. The van der Waals surface area contributed by atoms with E-state index >= 15 is 0 Å². The molecule has 0 aliphatic carbocycles. The predicted octanol–water partition coefficient (Wildman–Crippen LogP) is 5.85. The minimum Gasteiger partial charge on any atom is -0.492 e. The maximum Gasteiger partial charge on any atom is 0.245 e. The van der Waals surface area contributed by atoms with Crippen molar-refractivity contribution in [2.24, 2.45) is 0 Å². The third kappa shape index (κ3) is 6.58. The van der Waals surface area contributed by atoms with E-state index in [2.05, 4.69) is 83.1 Å². The summed E-state index contributed by atoms with van der Waals surface area (Å²) in [5.41, 5.74) is 8.09. The van der Waals surface area contributed by atoms with Gasteiger partial charge in [0.15, 0.2) is 0 Å². The molecular weight excluding hydrogens is 472 g/mol. The molecule has 196 valence electrons. The van der Waals surface area contributed by atoms with Crippen LogP contribution in [0, 0.1) is 6.92 Å². The van der Waals surface area contributed by atoms with E-state index in [0.29, 0.717) is 19.7 Å². The fourth-order valence-corrected chi connectivity index (χ4v) is 4.43. The molecule has 0 bridgehead atoms. The number of nitrogens with zero attached hydrogens (tertiary/aromatic N) is 2. The molecule has 0 aliphatic rings. The number of hydrogen-bond acceptors (Lipinski definition) is 4. The second-order valence-electron chi connectivity index (χ2n) is 9.35. The largest absolute Gasteiger partial charge is 0.492 e. The van der Waals surface area contributed by atoms with Crippen LogP contribution in [0.25, 0.3) is 22.0 Å². The number of carbonyl (C=O) groups excluding carboxylic acids is 1. The molecule has 1 amide bonds.